The molecule has 0 saturated heterocycles. The second kappa shape index (κ2) is 9.07. The fourth-order valence-electron chi connectivity index (χ4n) is 2.67. The van der Waals surface area contributed by atoms with Crippen molar-refractivity contribution >= 4 is 29.4 Å². The van der Waals surface area contributed by atoms with Crippen molar-refractivity contribution in [3.05, 3.63) is 102 Å². The van der Waals surface area contributed by atoms with E-state index in [1.807, 2.05) is 66.9 Å². The van der Waals surface area contributed by atoms with Crippen molar-refractivity contribution in [3.8, 4) is 0 Å². The van der Waals surface area contributed by atoms with E-state index in [4.69, 9.17) is 0 Å². The molecule has 0 spiro atoms. The first-order chi connectivity index (χ1) is 12.7. The van der Waals surface area contributed by atoms with Crippen LogP contribution in [0.3, 0.4) is 0 Å². The molecule has 0 aliphatic heterocycles. The van der Waals surface area contributed by atoms with Gasteiger partial charge in [0.1, 0.15) is 0 Å². The number of carbonyl (C=O) groups excluding carboxylic acids is 1. The number of thioether (sulfide) groups is 1. The summed E-state index contributed by atoms with van der Waals surface area (Å²) in [5.74, 6) is -0.126. The maximum Gasteiger partial charge on any atom is 0.248 e. The molecular weight excluding hydrogens is 338 g/mol. The van der Waals surface area contributed by atoms with Crippen molar-refractivity contribution in [3.63, 3.8) is 0 Å². The first kappa shape index (κ1) is 18.0. The minimum atomic E-state index is -0.126. The highest BCUT2D eigenvalue weighted by molar-refractivity contribution is 7.98. The Balaban J connectivity index is 1.68. The zero-order valence-electron chi connectivity index (χ0n) is 14.7. The van der Waals surface area contributed by atoms with Gasteiger partial charge in [-0.1, -0.05) is 60.7 Å². The number of anilines is 1. The molecule has 3 heteroatoms. The predicted molar refractivity (Wildman–Crippen MR) is 112 cm³/mol. The van der Waals surface area contributed by atoms with Crippen LogP contribution >= 0.6 is 11.8 Å². The highest BCUT2D eigenvalue weighted by Gasteiger charge is 2.05. The average Bonchev–Trinajstić information content (AvgIpc) is 2.69. The fraction of sp³-hybridized carbons (Fsp3) is 0.0870. The summed E-state index contributed by atoms with van der Waals surface area (Å²) in [6.07, 6.45) is 6.25. The van der Waals surface area contributed by atoms with Crippen LogP contribution in [-0.2, 0) is 11.2 Å². The molecule has 3 rings (SSSR count). The molecule has 0 bridgehead atoms. The number of amides is 1. The molecule has 0 aliphatic carbocycles. The van der Waals surface area contributed by atoms with Gasteiger partial charge in [0.05, 0.1) is 0 Å². The molecule has 0 aliphatic rings. The van der Waals surface area contributed by atoms with E-state index in [-0.39, 0.29) is 5.91 Å². The van der Waals surface area contributed by atoms with Crippen molar-refractivity contribution in [2.75, 3.05) is 11.6 Å². The second-order valence-electron chi connectivity index (χ2n) is 5.92. The molecule has 3 aromatic carbocycles. The van der Waals surface area contributed by atoms with Crippen molar-refractivity contribution < 1.29 is 4.79 Å². The molecule has 0 atom stereocenters. The van der Waals surface area contributed by atoms with Gasteiger partial charge in [-0.2, -0.15) is 0 Å². The van der Waals surface area contributed by atoms with E-state index in [0.717, 1.165) is 23.2 Å². The van der Waals surface area contributed by atoms with Gasteiger partial charge in [-0.25, -0.2) is 0 Å². The number of rotatable bonds is 6. The summed E-state index contributed by atoms with van der Waals surface area (Å²) in [6, 6.07) is 26.3. The number of nitrogens with one attached hydrogen (secondary N) is 1. The molecule has 1 amide bonds. The average molecular weight is 359 g/mol. The molecule has 0 fully saturated rings. The van der Waals surface area contributed by atoms with Crippen LogP contribution in [0.25, 0.3) is 6.08 Å². The molecule has 0 heterocycles. The number of benzene rings is 3. The van der Waals surface area contributed by atoms with Gasteiger partial charge in [0, 0.05) is 16.7 Å². The van der Waals surface area contributed by atoms with Gasteiger partial charge in [-0.05, 0) is 53.6 Å². The van der Waals surface area contributed by atoms with Crippen LogP contribution < -0.4 is 5.32 Å². The molecule has 0 radical (unpaired) electrons. The van der Waals surface area contributed by atoms with Crippen molar-refractivity contribution in [2.24, 2.45) is 0 Å². The van der Waals surface area contributed by atoms with Crippen LogP contribution in [0.15, 0.2) is 89.8 Å². The molecule has 2 nitrogen and oxygen atoms in total. The van der Waals surface area contributed by atoms with E-state index in [1.165, 1.54) is 10.5 Å². The quantitative estimate of drug-likeness (QED) is 0.455. The van der Waals surface area contributed by atoms with E-state index >= 15 is 0 Å². The van der Waals surface area contributed by atoms with Gasteiger partial charge in [-0.15, -0.1) is 11.8 Å². The van der Waals surface area contributed by atoms with Gasteiger partial charge in [0.2, 0.25) is 5.91 Å². The normalized spacial score (nSPS) is 10.8. The Morgan fingerprint density at radius 1 is 0.923 bits per heavy atom. The largest absolute Gasteiger partial charge is 0.322 e. The highest BCUT2D eigenvalue weighted by Crippen LogP contribution is 2.19. The third-order valence-corrected chi connectivity index (χ3v) is 4.80. The summed E-state index contributed by atoms with van der Waals surface area (Å²) >= 11 is 1.70. The highest BCUT2D eigenvalue weighted by atomic mass is 32.2. The number of para-hydroxylation sites is 1. The van der Waals surface area contributed by atoms with Crippen LogP contribution in [0, 0.1) is 0 Å². The Morgan fingerprint density at radius 2 is 1.62 bits per heavy atom. The Kier molecular flexibility index (Phi) is 6.29. The lowest BCUT2D eigenvalue weighted by molar-refractivity contribution is -0.111. The third-order valence-electron chi connectivity index (χ3n) is 4.06. The van der Waals surface area contributed by atoms with Crippen molar-refractivity contribution in [2.45, 2.75) is 11.3 Å². The molecular formula is C23H21NOS. The Bertz CT molecular complexity index is 886. The molecule has 0 saturated carbocycles. The maximum atomic E-state index is 12.3. The summed E-state index contributed by atoms with van der Waals surface area (Å²) < 4.78 is 0. The minimum absolute atomic E-state index is 0.126. The van der Waals surface area contributed by atoms with Gasteiger partial charge in [-0.3, -0.25) is 4.79 Å². The van der Waals surface area contributed by atoms with Crippen molar-refractivity contribution in [1.29, 1.82) is 0 Å². The SMILES string of the molecule is CSc1ccc(/C=C/C(=O)Nc2ccccc2Cc2ccccc2)cc1. The summed E-state index contributed by atoms with van der Waals surface area (Å²) in [5, 5.41) is 2.99. The monoisotopic (exact) mass is 359 g/mol. The molecule has 130 valence electrons. The minimum Gasteiger partial charge on any atom is -0.322 e. The van der Waals surface area contributed by atoms with E-state index in [1.54, 1.807) is 17.8 Å². The van der Waals surface area contributed by atoms with Gasteiger partial charge in [0.25, 0.3) is 0 Å². The van der Waals surface area contributed by atoms with E-state index in [2.05, 4.69) is 29.6 Å². The molecule has 26 heavy (non-hydrogen) atoms. The fourth-order valence-corrected chi connectivity index (χ4v) is 3.08. The summed E-state index contributed by atoms with van der Waals surface area (Å²) in [7, 11) is 0. The number of hydrogen-bond acceptors (Lipinski definition) is 2. The Morgan fingerprint density at radius 3 is 2.35 bits per heavy atom. The van der Waals surface area contributed by atoms with E-state index in [9.17, 15) is 4.79 Å². The summed E-state index contributed by atoms with van der Waals surface area (Å²) in [5.41, 5.74) is 4.18. The lowest BCUT2D eigenvalue weighted by Crippen LogP contribution is -2.10. The van der Waals surface area contributed by atoms with Crippen LogP contribution in [0.1, 0.15) is 16.7 Å². The lowest BCUT2D eigenvalue weighted by atomic mass is 10.0. The maximum absolute atomic E-state index is 12.3. The van der Waals surface area contributed by atoms with Gasteiger partial charge in [0.15, 0.2) is 0 Å². The van der Waals surface area contributed by atoms with E-state index in [0.29, 0.717) is 0 Å². The van der Waals surface area contributed by atoms with Crippen molar-refractivity contribution in [1.82, 2.24) is 0 Å². The summed E-state index contributed by atoms with van der Waals surface area (Å²) in [6.45, 7) is 0. The second-order valence-corrected chi connectivity index (χ2v) is 6.79. The molecule has 0 aromatic heterocycles. The first-order valence-corrected chi connectivity index (χ1v) is 9.72. The Hall–Kier alpha value is -2.78. The number of carbonyl (C=O) groups is 1. The van der Waals surface area contributed by atoms with Crippen LogP contribution in [-0.4, -0.2) is 12.2 Å². The van der Waals surface area contributed by atoms with Crippen LogP contribution in [0.2, 0.25) is 0 Å². The molecule has 3 aromatic rings. The molecule has 1 N–H and O–H groups in total. The number of hydrogen-bond donors (Lipinski definition) is 1. The van der Waals surface area contributed by atoms with E-state index < -0.39 is 0 Å². The van der Waals surface area contributed by atoms with Crippen LogP contribution in [0.4, 0.5) is 5.69 Å². The third kappa shape index (κ3) is 5.11. The zero-order valence-corrected chi connectivity index (χ0v) is 15.5. The zero-order chi connectivity index (χ0) is 18.2. The Labute approximate surface area is 159 Å². The molecule has 0 unspecified atom stereocenters. The topological polar surface area (TPSA) is 29.1 Å². The van der Waals surface area contributed by atoms with Crippen LogP contribution in [0.5, 0.6) is 0 Å². The standard InChI is InChI=1S/C23H21NOS/c1-26-21-14-11-18(12-15-21)13-16-23(25)24-22-10-6-5-9-20(22)17-19-7-3-2-4-8-19/h2-16H,17H2,1H3,(H,24,25)/b16-13+. The van der Waals surface area contributed by atoms with Gasteiger partial charge >= 0.3 is 0 Å². The van der Waals surface area contributed by atoms with Gasteiger partial charge < -0.3 is 5.32 Å². The predicted octanol–water partition coefficient (Wildman–Crippen LogP) is 5.65. The first-order valence-electron chi connectivity index (χ1n) is 8.49. The smallest absolute Gasteiger partial charge is 0.248 e. The summed E-state index contributed by atoms with van der Waals surface area (Å²) in [4.78, 5) is 13.5. The lowest BCUT2D eigenvalue weighted by Gasteiger charge is -2.10.